The average molecular weight is 248 g/mol. The van der Waals surface area contributed by atoms with Gasteiger partial charge in [0.25, 0.3) is 0 Å². The summed E-state index contributed by atoms with van der Waals surface area (Å²) in [5.74, 6) is 0. The second-order valence-corrected chi connectivity index (χ2v) is 5.67. The molecule has 5 heteroatoms. The molecule has 0 amide bonds. The first kappa shape index (κ1) is 13.5. The Morgan fingerprint density at radius 1 is 1.22 bits per heavy atom. The fraction of sp³-hybridized carbons (Fsp3) is 0.615. The van der Waals surface area contributed by atoms with Crippen LogP contribution >= 0.6 is 0 Å². The van der Waals surface area contributed by atoms with E-state index in [9.17, 15) is 0 Å². The van der Waals surface area contributed by atoms with E-state index >= 15 is 0 Å². The Bertz CT molecular complexity index is 419. The first-order valence-corrected chi connectivity index (χ1v) is 6.37. The van der Waals surface area contributed by atoms with Crippen LogP contribution in [0.2, 0.25) is 0 Å². The second kappa shape index (κ2) is 4.65. The number of rotatable bonds is 3. The maximum absolute atomic E-state index is 6.01. The third kappa shape index (κ3) is 2.30. The molecule has 1 fully saturated rings. The molecule has 4 nitrogen and oxygen atoms in total. The fourth-order valence-corrected chi connectivity index (χ4v) is 1.98. The Labute approximate surface area is 109 Å². The van der Waals surface area contributed by atoms with Gasteiger partial charge in [0.1, 0.15) is 0 Å². The zero-order chi connectivity index (χ0) is 13.4. The molecule has 1 aliphatic rings. The van der Waals surface area contributed by atoms with Crippen molar-refractivity contribution in [1.29, 1.82) is 0 Å². The molecule has 1 aromatic heterocycles. The van der Waals surface area contributed by atoms with Crippen molar-refractivity contribution in [2.45, 2.75) is 45.3 Å². The summed E-state index contributed by atoms with van der Waals surface area (Å²) in [5.41, 5.74) is 6.89. The van der Waals surface area contributed by atoms with Crippen LogP contribution in [0, 0.1) is 0 Å². The summed E-state index contributed by atoms with van der Waals surface area (Å²) in [4.78, 5) is 4.40. The van der Waals surface area contributed by atoms with Gasteiger partial charge >= 0.3 is 7.12 Å². The van der Waals surface area contributed by atoms with Gasteiger partial charge in [0.2, 0.25) is 0 Å². The van der Waals surface area contributed by atoms with Gasteiger partial charge in [-0.3, -0.25) is 4.98 Å². The maximum Gasteiger partial charge on any atom is 0.514 e. The number of pyridine rings is 1. The highest BCUT2D eigenvalue weighted by atomic mass is 16.7. The summed E-state index contributed by atoms with van der Waals surface area (Å²) < 4.78 is 12.0. The van der Waals surface area contributed by atoms with Gasteiger partial charge in [0.15, 0.2) is 0 Å². The van der Waals surface area contributed by atoms with Crippen LogP contribution in [0.25, 0.3) is 0 Å². The smallest absolute Gasteiger partial charge is 0.398 e. The summed E-state index contributed by atoms with van der Waals surface area (Å²) in [6.45, 7) is 8.76. The molecule has 18 heavy (non-hydrogen) atoms. The van der Waals surface area contributed by atoms with E-state index in [0.717, 1.165) is 17.6 Å². The minimum absolute atomic E-state index is 0.338. The van der Waals surface area contributed by atoms with E-state index in [1.165, 1.54) is 0 Å². The van der Waals surface area contributed by atoms with E-state index in [-0.39, 0.29) is 11.2 Å². The maximum atomic E-state index is 6.01. The normalized spacial score (nSPS) is 21.3. The lowest BCUT2D eigenvalue weighted by molar-refractivity contribution is 0.00578. The molecule has 2 heterocycles. The van der Waals surface area contributed by atoms with Gasteiger partial charge in [-0.25, -0.2) is 0 Å². The van der Waals surface area contributed by atoms with E-state index in [0.29, 0.717) is 6.54 Å². The summed E-state index contributed by atoms with van der Waals surface area (Å²) in [7, 11) is -0.405. The van der Waals surface area contributed by atoms with E-state index in [4.69, 9.17) is 15.0 Å². The van der Waals surface area contributed by atoms with Crippen LogP contribution in [0.15, 0.2) is 18.3 Å². The SMILES string of the molecule is CC1(C)OB(c2ncccc2CCN)OC1(C)C. The van der Waals surface area contributed by atoms with E-state index < -0.39 is 7.12 Å². The van der Waals surface area contributed by atoms with Crippen LogP contribution in [0.5, 0.6) is 0 Å². The van der Waals surface area contributed by atoms with Gasteiger partial charge in [-0.1, -0.05) is 6.07 Å². The Morgan fingerprint density at radius 2 is 1.83 bits per heavy atom. The molecule has 2 N–H and O–H groups in total. The molecule has 0 atom stereocenters. The zero-order valence-electron chi connectivity index (χ0n) is 11.6. The summed E-state index contributed by atoms with van der Waals surface area (Å²) in [5, 5.41) is 0. The van der Waals surface area contributed by atoms with Gasteiger partial charge in [0.05, 0.1) is 16.8 Å². The summed E-state index contributed by atoms with van der Waals surface area (Å²) in [6.07, 6.45) is 2.55. The van der Waals surface area contributed by atoms with Crippen LogP contribution in [-0.4, -0.2) is 29.8 Å². The topological polar surface area (TPSA) is 57.4 Å². The molecule has 1 aliphatic heterocycles. The minimum Gasteiger partial charge on any atom is -0.398 e. The highest BCUT2D eigenvalue weighted by molar-refractivity contribution is 6.61. The highest BCUT2D eigenvalue weighted by Gasteiger charge is 2.52. The quantitative estimate of drug-likeness (QED) is 0.807. The molecule has 0 bridgehead atoms. The first-order valence-electron chi connectivity index (χ1n) is 6.37. The summed E-state index contributed by atoms with van der Waals surface area (Å²) >= 11 is 0. The minimum atomic E-state index is -0.405. The van der Waals surface area contributed by atoms with Crippen molar-refractivity contribution in [2.24, 2.45) is 5.73 Å². The molecule has 1 aromatic rings. The third-order valence-corrected chi connectivity index (χ3v) is 3.82. The number of hydrogen-bond donors (Lipinski definition) is 1. The molecule has 0 radical (unpaired) electrons. The van der Waals surface area contributed by atoms with E-state index in [1.54, 1.807) is 6.20 Å². The van der Waals surface area contributed by atoms with Gasteiger partial charge in [-0.05, 0) is 52.3 Å². The Balaban J connectivity index is 2.29. The average Bonchev–Trinajstić information content (AvgIpc) is 2.49. The van der Waals surface area contributed by atoms with Gasteiger partial charge in [-0.2, -0.15) is 0 Å². The first-order chi connectivity index (χ1) is 8.37. The van der Waals surface area contributed by atoms with Gasteiger partial charge in [-0.15, -0.1) is 0 Å². The molecule has 0 aromatic carbocycles. The molecule has 0 spiro atoms. The van der Waals surface area contributed by atoms with Crippen molar-refractivity contribution in [3.05, 3.63) is 23.9 Å². The lowest BCUT2D eigenvalue weighted by Gasteiger charge is -2.32. The van der Waals surface area contributed by atoms with Crippen molar-refractivity contribution < 1.29 is 9.31 Å². The lowest BCUT2D eigenvalue weighted by Crippen LogP contribution is -2.41. The highest BCUT2D eigenvalue weighted by Crippen LogP contribution is 2.36. The molecular weight excluding hydrogens is 227 g/mol. The monoisotopic (exact) mass is 248 g/mol. The molecule has 0 saturated carbocycles. The van der Waals surface area contributed by atoms with Gasteiger partial charge in [0, 0.05) is 6.20 Å². The summed E-state index contributed by atoms with van der Waals surface area (Å²) in [6, 6.07) is 3.94. The van der Waals surface area contributed by atoms with Crippen molar-refractivity contribution in [2.75, 3.05) is 6.54 Å². The number of nitrogens with two attached hydrogens (primary N) is 1. The van der Waals surface area contributed by atoms with Crippen LogP contribution in [0.4, 0.5) is 0 Å². The van der Waals surface area contributed by atoms with E-state index in [2.05, 4.69) is 4.98 Å². The Hall–Kier alpha value is -0.905. The molecule has 2 rings (SSSR count). The van der Waals surface area contributed by atoms with Gasteiger partial charge < -0.3 is 15.0 Å². The van der Waals surface area contributed by atoms with Crippen molar-refractivity contribution in [3.8, 4) is 0 Å². The van der Waals surface area contributed by atoms with E-state index in [1.807, 2.05) is 39.8 Å². The molecular formula is C13H21BN2O2. The molecule has 1 saturated heterocycles. The largest absolute Gasteiger partial charge is 0.514 e. The zero-order valence-corrected chi connectivity index (χ0v) is 11.6. The Morgan fingerprint density at radius 3 is 2.39 bits per heavy atom. The van der Waals surface area contributed by atoms with Crippen LogP contribution < -0.4 is 11.3 Å². The van der Waals surface area contributed by atoms with Crippen LogP contribution in [-0.2, 0) is 15.7 Å². The van der Waals surface area contributed by atoms with Crippen LogP contribution in [0.1, 0.15) is 33.3 Å². The predicted molar refractivity (Wildman–Crippen MR) is 72.7 cm³/mol. The predicted octanol–water partition coefficient (Wildman–Crippen LogP) is 0.882. The van der Waals surface area contributed by atoms with Crippen LogP contribution in [0.3, 0.4) is 0 Å². The third-order valence-electron chi connectivity index (χ3n) is 3.82. The Kier molecular flexibility index (Phi) is 3.49. The lowest BCUT2D eigenvalue weighted by atomic mass is 9.80. The molecule has 0 aliphatic carbocycles. The molecule has 98 valence electrons. The number of nitrogens with zero attached hydrogens (tertiary/aromatic N) is 1. The van der Waals surface area contributed by atoms with Crippen molar-refractivity contribution in [3.63, 3.8) is 0 Å². The van der Waals surface area contributed by atoms with Crippen molar-refractivity contribution in [1.82, 2.24) is 4.98 Å². The number of aromatic nitrogens is 1. The number of hydrogen-bond acceptors (Lipinski definition) is 4. The fourth-order valence-electron chi connectivity index (χ4n) is 1.98. The standard InChI is InChI=1S/C13H21BN2O2/c1-12(2)13(3,4)18-14(17-12)11-10(7-8-15)6-5-9-16-11/h5-6,9H,7-8,15H2,1-4H3. The second-order valence-electron chi connectivity index (χ2n) is 5.67. The van der Waals surface area contributed by atoms with Crippen molar-refractivity contribution >= 4 is 12.7 Å². The molecule has 0 unspecified atom stereocenters.